The molecule has 6 nitrogen and oxygen atoms in total. The number of hydrogen-bond acceptors (Lipinski definition) is 4. The topological polar surface area (TPSA) is 71.5 Å². The number of alkyl halides is 3. The summed E-state index contributed by atoms with van der Waals surface area (Å²) in [6, 6.07) is 8.04. The van der Waals surface area contributed by atoms with Gasteiger partial charge in [-0.15, -0.1) is 0 Å². The molecular weight excluding hydrogens is 399 g/mol. The first-order valence-corrected chi connectivity index (χ1v) is 9.39. The maximum Gasteiger partial charge on any atom is 0.416 e. The number of pyridine rings is 1. The Labute approximate surface area is 172 Å². The molecule has 160 valence electrons. The monoisotopic (exact) mass is 421 g/mol. The van der Waals surface area contributed by atoms with Gasteiger partial charge in [-0.25, -0.2) is 9.78 Å². The summed E-state index contributed by atoms with van der Waals surface area (Å²) in [5.41, 5.74) is 0.0298. The Morgan fingerprint density at radius 1 is 1.17 bits per heavy atom. The molecule has 0 bridgehead atoms. The number of fused-ring (bicyclic) bond motifs is 1. The van der Waals surface area contributed by atoms with E-state index < -0.39 is 23.4 Å². The molecular formula is C21H22F3N3O3. The van der Waals surface area contributed by atoms with E-state index in [4.69, 9.17) is 4.74 Å². The average Bonchev–Trinajstić information content (AvgIpc) is 2.62. The first-order chi connectivity index (χ1) is 13.9. The number of halogens is 3. The van der Waals surface area contributed by atoms with Gasteiger partial charge in [-0.2, -0.15) is 13.2 Å². The lowest BCUT2D eigenvalue weighted by Gasteiger charge is -2.29. The van der Waals surface area contributed by atoms with Gasteiger partial charge < -0.3 is 9.64 Å². The number of hydrogen-bond donors (Lipinski definition) is 1. The van der Waals surface area contributed by atoms with Gasteiger partial charge in [0.2, 0.25) is 5.91 Å². The molecule has 0 fully saturated rings. The number of ether oxygens (including phenoxy) is 1. The molecule has 9 heteroatoms. The van der Waals surface area contributed by atoms with Crippen LogP contribution in [-0.4, -0.2) is 22.6 Å². The molecule has 3 rings (SSSR count). The molecule has 0 spiro atoms. The van der Waals surface area contributed by atoms with E-state index in [1.807, 2.05) is 0 Å². The van der Waals surface area contributed by atoms with Crippen LogP contribution in [0.2, 0.25) is 0 Å². The lowest BCUT2D eigenvalue weighted by Crippen LogP contribution is -2.35. The Bertz CT molecular complexity index is 968. The molecule has 1 aromatic carbocycles. The van der Waals surface area contributed by atoms with E-state index in [0.717, 1.165) is 12.1 Å². The summed E-state index contributed by atoms with van der Waals surface area (Å²) in [4.78, 5) is 30.2. The van der Waals surface area contributed by atoms with Crippen LogP contribution in [0.1, 0.15) is 44.0 Å². The summed E-state index contributed by atoms with van der Waals surface area (Å²) in [5.74, 6) is 0.0749. The Hall–Kier alpha value is -3.10. The number of carbonyl (C=O) groups is 2. The Morgan fingerprint density at radius 2 is 1.90 bits per heavy atom. The van der Waals surface area contributed by atoms with Crippen LogP contribution in [0.15, 0.2) is 36.4 Å². The van der Waals surface area contributed by atoms with Crippen molar-refractivity contribution in [2.45, 2.75) is 51.9 Å². The fourth-order valence-electron chi connectivity index (χ4n) is 3.10. The number of nitrogens with one attached hydrogen (secondary N) is 1. The molecule has 1 aliphatic rings. The van der Waals surface area contributed by atoms with Gasteiger partial charge >= 0.3 is 12.3 Å². The third-order valence-corrected chi connectivity index (χ3v) is 4.34. The van der Waals surface area contributed by atoms with Crippen LogP contribution in [0.4, 0.5) is 29.5 Å². The molecule has 1 N–H and O–H groups in total. The molecule has 1 aromatic heterocycles. The zero-order valence-electron chi connectivity index (χ0n) is 16.8. The fraction of sp³-hybridized carbons (Fsp3) is 0.381. The minimum Gasteiger partial charge on any atom is -0.444 e. The van der Waals surface area contributed by atoms with Crippen LogP contribution in [0.3, 0.4) is 0 Å². The lowest BCUT2D eigenvalue weighted by molar-refractivity contribution is -0.137. The number of rotatable bonds is 3. The number of aromatic nitrogens is 1. The first-order valence-electron chi connectivity index (χ1n) is 9.39. The van der Waals surface area contributed by atoms with Crippen LogP contribution in [0.5, 0.6) is 0 Å². The molecule has 0 saturated carbocycles. The molecule has 1 aliphatic heterocycles. The molecule has 30 heavy (non-hydrogen) atoms. The molecule has 0 atom stereocenters. The fourth-order valence-corrected chi connectivity index (χ4v) is 3.10. The second-order valence-electron chi connectivity index (χ2n) is 7.97. The molecule has 2 aromatic rings. The van der Waals surface area contributed by atoms with E-state index in [9.17, 15) is 22.8 Å². The Kier molecular flexibility index (Phi) is 5.74. The van der Waals surface area contributed by atoms with Crippen LogP contribution in [0.25, 0.3) is 0 Å². The van der Waals surface area contributed by atoms with E-state index in [1.54, 1.807) is 32.9 Å². The quantitative estimate of drug-likeness (QED) is 0.763. The predicted molar refractivity (Wildman–Crippen MR) is 105 cm³/mol. The van der Waals surface area contributed by atoms with E-state index in [2.05, 4.69) is 10.3 Å². The number of carbonyl (C=O) groups excluding carboxylic acids is 2. The number of aryl methyl sites for hydroxylation is 1. The second kappa shape index (κ2) is 7.97. The van der Waals surface area contributed by atoms with Crippen LogP contribution in [-0.2, 0) is 28.7 Å². The van der Waals surface area contributed by atoms with E-state index >= 15 is 0 Å². The van der Waals surface area contributed by atoms with Gasteiger partial charge in [0.1, 0.15) is 11.4 Å². The van der Waals surface area contributed by atoms with Crippen molar-refractivity contribution in [2.24, 2.45) is 0 Å². The standard InChI is InChI=1S/C21H22F3N3O3/c1-20(2,3)30-19(29)26-17-9-8-16-15(25-17)7-10-18(28)27(16)12-13-5-4-6-14(11-13)21(22,23)24/h4-6,8-9,11H,7,10,12H2,1-3H3,(H,25,26,29). The van der Waals surface area contributed by atoms with Crippen molar-refractivity contribution < 1.29 is 27.5 Å². The second-order valence-corrected chi connectivity index (χ2v) is 7.97. The van der Waals surface area contributed by atoms with Gasteiger partial charge in [-0.05, 0) is 50.6 Å². The normalized spacial score (nSPS) is 14.3. The van der Waals surface area contributed by atoms with E-state index in [0.29, 0.717) is 23.4 Å². The summed E-state index contributed by atoms with van der Waals surface area (Å²) in [6.45, 7) is 5.22. The molecule has 0 aliphatic carbocycles. The third kappa shape index (κ3) is 5.28. The van der Waals surface area contributed by atoms with Gasteiger partial charge in [0.05, 0.1) is 23.5 Å². The van der Waals surface area contributed by atoms with Gasteiger partial charge in [0, 0.05) is 12.8 Å². The highest BCUT2D eigenvalue weighted by Gasteiger charge is 2.31. The Morgan fingerprint density at radius 3 is 2.57 bits per heavy atom. The summed E-state index contributed by atoms with van der Waals surface area (Å²) in [6.07, 6.45) is -4.56. The number of benzene rings is 1. The minimum atomic E-state index is -4.45. The average molecular weight is 421 g/mol. The van der Waals surface area contributed by atoms with Gasteiger partial charge in [0.25, 0.3) is 0 Å². The highest BCUT2D eigenvalue weighted by atomic mass is 19.4. The van der Waals surface area contributed by atoms with Gasteiger partial charge in [0.15, 0.2) is 0 Å². The zero-order valence-corrected chi connectivity index (χ0v) is 16.8. The zero-order chi connectivity index (χ0) is 22.1. The maximum atomic E-state index is 13.0. The van der Waals surface area contributed by atoms with Crippen molar-refractivity contribution in [3.63, 3.8) is 0 Å². The highest BCUT2D eigenvalue weighted by Crippen LogP contribution is 2.32. The predicted octanol–water partition coefficient (Wildman–Crippen LogP) is 4.93. The Balaban J connectivity index is 1.81. The van der Waals surface area contributed by atoms with Crippen molar-refractivity contribution in [1.29, 1.82) is 0 Å². The summed E-state index contributed by atoms with van der Waals surface area (Å²) in [5, 5.41) is 2.55. The van der Waals surface area contributed by atoms with Crippen molar-refractivity contribution in [1.82, 2.24) is 4.98 Å². The molecule has 0 saturated heterocycles. The number of anilines is 2. The number of nitrogens with zero attached hydrogens (tertiary/aromatic N) is 2. The molecule has 0 unspecified atom stereocenters. The minimum absolute atomic E-state index is 0.00370. The SMILES string of the molecule is CC(C)(C)OC(=O)Nc1ccc2c(n1)CCC(=O)N2Cc1cccc(C(F)(F)F)c1. The van der Waals surface area contributed by atoms with Crippen molar-refractivity contribution >= 4 is 23.5 Å². The van der Waals surface area contributed by atoms with Gasteiger partial charge in [-0.1, -0.05) is 12.1 Å². The largest absolute Gasteiger partial charge is 0.444 e. The van der Waals surface area contributed by atoms with Crippen LogP contribution >= 0.6 is 0 Å². The molecule has 2 heterocycles. The smallest absolute Gasteiger partial charge is 0.416 e. The van der Waals surface area contributed by atoms with Crippen molar-refractivity contribution in [3.8, 4) is 0 Å². The van der Waals surface area contributed by atoms with E-state index in [-0.39, 0.29) is 24.7 Å². The van der Waals surface area contributed by atoms with Crippen LogP contribution in [0, 0.1) is 0 Å². The first kappa shape index (κ1) is 21.6. The van der Waals surface area contributed by atoms with Crippen LogP contribution < -0.4 is 10.2 Å². The summed E-state index contributed by atoms with van der Waals surface area (Å²) in [7, 11) is 0. The van der Waals surface area contributed by atoms with E-state index in [1.165, 1.54) is 17.0 Å². The van der Waals surface area contributed by atoms with Crippen molar-refractivity contribution in [2.75, 3.05) is 10.2 Å². The summed E-state index contributed by atoms with van der Waals surface area (Å²) < 4.78 is 44.1. The summed E-state index contributed by atoms with van der Waals surface area (Å²) >= 11 is 0. The molecule has 2 amide bonds. The van der Waals surface area contributed by atoms with Gasteiger partial charge in [-0.3, -0.25) is 10.1 Å². The third-order valence-electron chi connectivity index (χ3n) is 4.34. The lowest BCUT2D eigenvalue weighted by atomic mass is 10.0. The van der Waals surface area contributed by atoms with Crippen molar-refractivity contribution in [3.05, 3.63) is 53.2 Å². The maximum absolute atomic E-state index is 13.0. The molecule has 0 radical (unpaired) electrons. The highest BCUT2D eigenvalue weighted by molar-refractivity contribution is 5.96. The number of amides is 2.